The average Bonchev–Trinajstić information content (AvgIpc) is 2.96. The molecule has 0 fully saturated rings. The van der Waals surface area contributed by atoms with Crippen LogP contribution >= 0.6 is 0 Å². The fraction of sp³-hybridized carbons (Fsp3) is 0.333. The van der Waals surface area contributed by atoms with Crippen molar-refractivity contribution in [3.05, 3.63) is 90.5 Å². The lowest BCUT2D eigenvalue weighted by Gasteiger charge is -2.32. The van der Waals surface area contributed by atoms with Gasteiger partial charge in [-0.3, -0.25) is 13.9 Å². The number of para-hydroxylation sites is 1. The summed E-state index contributed by atoms with van der Waals surface area (Å²) in [4.78, 5) is 28.3. The number of sulfonamides is 1. The summed E-state index contributed by atoms with van der Waals surface area (Å²) < 4.78 is 33.8. The van der Waals surface area contributed by atoms with Crippen LogP contribution in [0.3, 0.4) is 0 Å². The maximum atomic E-state index is 13.8. The lowest BCUT2D eigenvalue weighted by atomic mass is 10.1. The standard InChI is InChI=1S/C30H37N3O5S/c1-4-5-21-31-30(35)24(2)32(22-20-25-12-8-6-9-13-25)29(34)23-33(26-14-10-7-11-15-26)39(36,37)28-18-16-27(38-3)17-19-28/h6-19,24H,4-5,20-23H2,1-3H3,(H,31,35). The van der Waals surface area contributed by atoms with Crippen LogP contribution in [0.4, 0.5) is 5.69 Å². The smallest absolute Gasteiger partial charge is 0.264 e. The maximum Gasteiger partial charge on any atom is 0.264 e. The van der Waals surface area contributed by atoms with Crippen LogP contribution < -0.4 is 14.4 Å². The van der Waals surface area contributed by atoms with Gasteiger partial charge in [0.15, 0.2) is 0 Å². The van der Waals surface area contributed by atoms with Gasteiger partial charge in [-0.15, -0.1) is 0 Å². The lowest BCUT2D eigenvalue weighted by Crippen LogP contribution is -2.52. The number of ether oxygens (including phenoxy) is 1. The number of carbonyl (C=O) groups excluding carboxylic acids is 2. The fourth-order valence-electron chi connectivity index (χ4n) is 4.10. The van der Waals surface area contributed by atoms with E-state index in [1.165, 1.54) is 24.1 Å². The molecule has 1 atom stereocenters. The minimum Gasteiger partial charge on any atom is -0.497 e. The molecule has 0 radical (unpaired) electrons. The van der Waals surface area contributed by atoms with E-state index in [0.29, 0.717) is 24.4 Å². The van der Waals surface area contributed by atoms with E-state index in [9.17, 15) is 18.0 Å². The third-order valence-electron chi connectivity index (χ3n) is 6.45. The van der Waals surface area contributed by atoms with Crippen molar-refractivity contribution in [1.82, 2.24) is 10.2 Å². The monoisotopic (exact) mass is 551 g/mol. The average molecular weight is 552 g/mol. The second kappa shape index (κ2) is 14.3. The van der Waals surface area contributed by atoms with Crippen molar-refractivity contribution in [2.45, 2.75) is 44.0 Å². The van der Waals surface area contributed by atoms with Crippen LogP contribution in [0.25, 0.3) is 0 Å². The van der Waals surface area contributed by atoms with E-state index in [1.54, 1.807) is 49.4 Å². The van der Waals surface area contributed by atoms with Gasteiger partial charge in [-0.05, 0) is 61.7 Å². The molecule has 0 spiro atoms. The van der Waals surface area contributed by atoms with E-state index >= 15 is 0 Å². The van der Waals surface area contributed by atoms with Crippen molar-refractivity contribution in [3.8, 4) is 5.75 Å². The van der Waals surface area contributed by atoms with Crippen LogP contribution in [-0.4, -0.2) is 57.9 Å². The Kier molecular flexibility index (Phi) is 10.9. The quantitative estimate of drug-likeness (QED) is 0.302. The predicted molar refractivity (Wildman–Crippen MR) is 153 cm³/mol. The summed E-state index contributed by atoms with van der Waals surface area (Å²) >= 11 is 0. The van der Waals surface area contributed by atoms with Crippen molar-refractivity contribution >= 4 is 27.5 Å². The van der Waals surface area contributed by atoms with Gasteiger partial charge in [0.05, 0.1) is 17.7 Å². The molecule has 3 aromatic rings. The van der Waals surface area contributed by atoms with Crippen LogP contribution in [-0.2, 0) is 26.0 Å². The summed E-state index contributed by atoms with van der Waals surface area (Å²) in [6, 6.07) is 23.4. The molecule has 39 heavy (non-hydrogen) atoms. The first-order chi connectivity index (χ1) is 18.8. The van der Waals surface area contributed by atoms with Crippen LogP contribution in [0.5, 0.6) is 5.75 Å². The highest BCUT2D eigenvalue weighted by Gasteiger charge is 2.32. The van der Waals surface area contributed by atoms with E-state index in [0.717, 1.165) is 22.7 Å². The first-order valence-corrected chi connectivity index (χ1v) is 14.5. The van der Waals surface area contributed by atoms with Crippen molar-refractivity contribution in [1.29, 1.82) is 0 Å². The van der Waals surface area contributed by atoms with E-state index in [1.807, 2.05) is 37.3 Å². The minimum atomic E-state index is -4.11. The number of unbranched alkanes of at least 4 members (excludes halogenated alkanes) is 1. The topological polar surface area (TPSA) is 96.0 Å². The normalized spacial score (nSPS) is 11.9. The Morgan fingerprint density at radius 3 is 2.13 bits per heavy atom. The number of methoxy groups -OCH3 is 1. The first kappa shape index (κ1) is 29.7. The largest absolute Gasteiger partial charge is 0.497 e. The molecular formula is C30H37N3O5S. The Morgan fingerprint density at radius 1 is 0.923 bits per heavy atom. The molecule has 0 bridgehead atoms. The molecule has 0 aromatic heterocycles. The number of rotatable bonds is 14. The summed E-state index contributed by atoms with van der Waals surface area (Å²) in [5, 5.41) is 2.89. The summed E-state index contributed by atoms with van der Waals surface area (Å²) in [5.41, 5.74) is 1.37. The Morgan fingerprint density at radius 2 is 1.54 bits per heavy atom. The summed E-state index contributed by atoms with van der Waals surface area (Å²) in [6.45, 7) is 4.03. The third kappa shape index (κ3) is 8.07. The highest BCUT2D eigenvalue weighted by Crippen LogP contribution is 2.25. The number of benzene rings is 3. The number of nitrogens with one attached hydrogen (secondary N) is 1. The highest BCUT2D eigenvalue weighted by molar-refractivity contribution is 7.92. The summed E-state index contributed by atoms with van der Waals surface area (Å²) in [5.74, 6) is -0.217. The zero-order valence-corrected chi connectivity index (χ0v) is 23.6. The molecule has 0 heterocycles. The van der Waals surface area contributed by atoms with Crippen molar-refractivity contribution in [2.75, 3.05) is 31.0 Å². The van der Waals surface area contributed by atoms with Gasteiger partial charge in [-0.1, -0.05) is 61.9 Å². The molecule has 8 nitrogen and oxygen atoms in total. The van der Waals surface area contributed by atoms with Crippen LogP contribution in [0.15, 0.2) is 89.8 Å². The van der Waals surface area contributed by atoms with Crippen LogP contribution in [0, 0.1) is 0 Å². The van der Waals surface area contributed by atoms with Crippen molar-refractivity contribution in [2.24, 2.45) is 0 Å². The van der Waals surface area contributed by atoms with Gasteiger partial charge in [0.25, 0.3) is 10.0 Å². The van der Waals surface area contributed by atoms with E-state index < -0.39 is 28.5 Å². The second-order valence-corrected chi connectivity index (χ2v) is 11.0. The van der Waals surface area contributed by atoms with Crippen LogP contribution in [0.2, 0.25) is 0 Å². The molecule has 0 saturated heterocycles. The molecule has 0 aliphatic heterocycles. The molecule has 1 unspecified atom stereocenters. The molecular weight excluding hydrogens is 514 g/mol. The number of nitrogens with zero attached hydrogens (tertiary/aromatic N) is 2. The Bertz CT molecular complexity index is 1300. The van der Waals surface area contributed by atoms with Crippen molar-refractivity contribution in [3.63, 3.8) is 0 Å². The van der Waals surface area contributed by atoms with Gasteiger partial charge in [0.1, 0.15) is 18.3 Å². The molecule has 3 aromatic carbocycles. The molecule has 0 saturated carbocycles. The van der Waals surface area contributed by atoms with Crippen molar-refractivity contribution < 1.29 is 22.7 Å². The molecule has 1 N–H and O–H groups in total. The first-order valence-electron chi connectivity index (χ1n) is 13.1. The number of hydrogen-bond donors (Lipinski definition) is 1. The van der Waals surface area contributed by atoms with Gasteiger partial charge in [0, 0.05) is 13.1 Å². The molecule has 9 heteroatoms. The van der Waals surface area contributed by atoms with Gasteiger partial charge in [-0.25, -0.2) is 8.42 Å². The molecule has 208 valence electrons. The minimum absolute atomic E-state index is 0.0288. The third-order valence-corrected chi connectivity index (χ3v) is 8.24. The zero-order valence-electron chi connectivity index (χ0n) is 22.7. The zero-order chi connectivity index (χ0) is 28.3. The fourth-order valence-corrected chi connectivity index (χ4v) is 5.52. The molecule has 3 rings (SSSR count). The number of carbonyl (C=O) groups is 2. The molecule has 0 aliphatic carbocycles. The van der Waals surface area contributed by atoms with Gasteiger partial charge in [0.2, 0.25) is 11.8 Å². The molecule has 0 aliphatic rings. The predicted octanol–water partition coefficient (Wildman–Crippen LogP) is 4.27. The van der Waals surface area contributed by atoms with Gasteiger partial charge >= 0.3 is 0 Å². The second-order valence-electron chi connectivity index (χ2n) is 9.17. The Hall–Kier alpha value is -3.85. The van der Waals surface area contributed by atoms with Gasteiger partial charge < -0.3 is 15.0 Å². The van der Waals surface area contributed by atoms with E-state index in [4.69, 9.17) is 4.74 Å². The van der Waals surface area contributed by atoms with Crippen LogP contribution in [0.1, 0.15) is 32.3 Å². The number of anilines is 1. The SMILES string of the molecule is CCCCNC(=O)C(C)N(CCc1ccccc1)C(=O)CN(c1ccccc1)S(=O)(=O)c1ccc(OC)cc1. The number of amides is 2. The lowest BCUT2D eigenvalue weighted by molar-refractivity contribution is -0.138. The summed E-state index contributed by atoms with van der Waals surface area (Å²) in [7, 11) is -2.61. The maximum absolute atomic E-state index is 13.8. The van der Waals surface area contributed by atoms with E-state index in [2.05, 4.69) is 5.32 Å². The highest BCUT2D eigenvalue weighted by atomic mass is 32.2. The molecule has 2 amide bonds. The van der Waals surface area contributed by atoms with E-state index in [-0.39, 0.29) is 17.3 Å². The van der Waals surface area contributed by atoms with Gasteiger partial charge in [-0.2, -0.15) is 0 Å². The Labute approximate surface area is 231 Å². The summed E-state index contributed by atoms with van der Waals surface area (Å²) in [6.07, 6.45) is 2.29. The Balaban J connectivity index is 1.92. The number of hydrogen-bond acceptors (Lipinski definition) is 5.